The van der Waals surface area contributed by atoms with Crippen molar-refractivity contribution in [2.24, 2.45) is 0 Å². The maximum absolute atomic E-state index is 6.58. The lowest BCUT2D eigenvalue weighted by Gasteiger charge is -2.28. The van der Waals surface area contributed by atoms with Crippen LogP contribution in [0.3, 0.4) is 0 Å². The standard InChI is InChI=1S/C50H37NO/c1-49(2)42-23-22-38-37-16-10-11-17-46(37)52-48(38)47(42)39-21-20-36(29-45(39)49)51(34-14-6-5-7-15-34)35-19-18-32-26-41-40-25-30-12-8-9-13-31(30)27-43(40)50(3,4)44(41)28-33(32)24-35/h5-29H,1-4H3. The van der Waals surface area contributed by atoms with Gasteiger partial charge in [0.1, 0.15) is 11.2 Å². The van der Waals surface area contributed by atoms with Gasteiger partial charge in [-0.25, -0.2) is 0 Å². The van der Waals surface area contributed by atoms with Crippen LogP contribution in [0.25, 0.3) is 65.7 Å². The molecule has 2 nitrogen and oxygen atoms in total. The first kappa shape index (κ1) is 29.6. The van der Waals surface area contributed by atoms with Crippen LogP contribution < -0.4 is 4.90 Å². The molecular formula is C50H37NO. The fourth-order valence-corrected chi connectivity index (χ4v) is 9.44. The predicted octanol–water partition coefficient (Wildman–Crippen LogP) is 14.0. The van der Waals surface area contributed by atoms with Crippen molar-refractivity contribution in [2.45, 2.75) is 38.5 Å². The summed E-state index contributed by atoms with van der Waals surface area (Å²) in [6.07, 6.45) is 0. The van der Waals surface area contributed by atoms with Crippen LogP contribution in [0.5, 0.6) is 0 Å². The number of furan rings is 1. The number of hydrogen-bond donors (Lipinski definition) is 0. The lowest BCUT2D eigenvalue weighted by molar-refractivity contribution is 0.653. The molecule has 9 aromatic rings. The number of hydrogen-bond acceptors (Lipinski definition) is 2. The Morgan fingerprint density at radius 1 is 0.404 bits per heavy atom. The lowest BCUT2D eigenvalue weighted by Crippen LogP contribution is -2.16. The molecule has 1 aromatic heterocycles. The molecule has 52 heavy (non-hydrogen) atoms. The zero-order chi connectivity index (χ0) is 34.9. The fourth-order valence-electron chi connectivity index (χ4n) is 9.44. The van der Waals surface area contributed by atoms with Crippen molar-refractivity contribution in [3.63, 3.8) is 0 Å². The number of rotatable bonds is 3. The van der Waals surface area contributed by atoms with E-state index in [1.54, 1.807) is 0 Å². The summed E-state index contributed by atoms with van der Waals surface area (Å²) in [5.41, 5.74) is 15.7. The topological polar surface area (TPSA) is 16.4 Å². The van der Waals surface area contributed by atoms with E-state index in [0.29, 0.717) is 0 Å². The Hall–Kier alpha value is -6.12. The molecule has 0 fully saturated rings. The second kappa shape index (κ2) is 10.2. The molecule has 0 bridgehead atoms. The first-order chi connectivity index (χ1) is 25.3. The molecule has 0 unspecified atom stereocenters. The number of nitrogens with zero attached hydrogens (tertiary/aromatic N) is 1. The van der Waals surface area contributed by atoms with Crippen molar-refractivity contribution in [3.05, 3.63) is 174 Å². The SMILES string of the molecule is CC1(C)c2cc3ccccc3cc2-c2cc3ccc(N(c4ccccc4)c4ccc5c(c4)C(C)(C)c4ccc6c(oc7ccccc76)c4-5)cc3cc21. The summed E-state index contributed by atoms with van der Waals surface area (Å²) in [4.78, 5) is 2.41. The molecule has 8 aromatic carbocycles. The van der Waals surface area contributed by atoms with Crippen molar-refractivity contribution < 1.29 is 4.42 Å². The Balaban J connectivity index is 1.07. The van der Waals surface area contributed by atoms with E-state index in [9.17, 15) is 0 Å². The molecule has 248 valence electrons. The van der Waals surface area contributed by atoms with Crippen LogP contribution in [-0.4, -0.2) is 0 Å². The average Bonchev–Trinajstić information content (AvgIpc) is 3.73. The molecule has 2 aliphatic rings. The molecule has 0 aliphatic heterocycles. The van der Waals surface area contributed by atoms with Gasteiger partial charge in [0.15, 0.2) is 0 Å². The monoisotopic (exact) mass is 667 g/mol. The van der Waals surface area contributed by atoms with Gasteiger partial charge in [-0.1, -0.05) is 113 Å². The van der Waals surface area contributed by atoms with Gasteiger partial charge in [0, 0.05) is 44.2 Å². The highest BCUT2D eigenvalue weighted by Crippen LogP contribution is 2.55. The van der Waals surface area contributed by atoms with Gasteiger partial charge in [0.2, 0.25) is 0 Å². The molecule has 0 saturated carbocycles. The first-order valence-electron chi connectivity index (χ1n) is 18.3. The third kappa shape index (κ3) is 3.95. The fraction of sp³-hybridized carbons (Fsp3) is 0.120. The Morgan fingerprint density at radius 2 is 1.00 bits per heavy atom. The largest absolute Gasteiger partial charge is 0.455 e. The molecule has 0 N–H and O–H groups in total. The molecule has 1 heterocycles. The van der Waals surface area contributed by atoms with Gasteiger partial charge in [-0.3, -0.25) is 0 Å². The molecule has 0 amide bonds. The van der Waals surface area contributed by atoms with Crippen molar-refractivity contribution in [3.8, 4) is 22.3 Å². The normalized spacial score (nSPS) is 14.8. The summed E-state index contributed by atoms with van der Waals surface area (Å²) in [5.74, 6) is 0. The van der Waals surface area contributed by atoms with Gasteiger partial charge in [-0.05, 0) is 127 Å². The van der Waals surface area contributed by atoms with Crippen LogP contribution in [0.15, 0.2) is 156 Å². The number of benzene rings is 8. The summed E-state index contributed by atoms with van der Waals surface area (Å²) in [7, 11) is 0. The van der Waals surface area contributed by atoms with Gasteiger partial charge in [0.05, 0.1) is 0 Å². The van der Waals surface area contributed by atoms with Crippen LogP contribution in [0.2, 0.25) is 0 Å². The number of fused-ring (bicyclic) bond motifs is 12. The van der Waals surface area contributed by atoms with Gasteiger partial charge >= 0.3 is 0 Å². The average molecular weight is 668 g/mol. The molecule has 0 saturated heterocycles. The molecule has 0 radical (unpaired) electrons. The van der Waals surface area contributed by atoms with Crippen molar-refractivity contribution in [1.82, 2.24) is 0 Å². The van der Waals surface area contributed by atoms with Crippen LogP contribution in [0.1, 0.15) is 49.9 Å². The maximum atomic E-state index is 6.58. The third-order valence-electron chi connectivity index (χ3n) is 12.2. The smallest absolute Gasteiger partial charge is 0.143 e. The van der Waals surface area contributed by atoms with E-state index < -0.39 is 0 Å². The van der Waals surface area contributed by atoms with E-state index in [2.05, 4.69) is 184 Å². The van der Waals surface area contributed by atoms with E-state index in [4.69, 9.17) is 4.42 Å². The van der Waals surface area contributed by atoms with E-state index in [1.807, 2.05) is 0 Å². The highest BCUT2D eigenvalue weighted by atomic mass is 16.3. The Kier molecular flexibility index (Phi) is 5.83. The van der Waals surface area contributed by atoms with Crippen LogP contribution in [0, 0.1) is 0 Å². The molecule has 0 atom stereocenters. The molecule has 0 spiro atoms. The minimum absolute atomic E-state index is 0.0934. The minimum Gasteiger partial charge on any atom is -0.455 e. The first-order valence-corrected chi connectivity index (χ1v) is 18.3. The summed E-state index contributed by atoms with van der Waals surface area (Å²) in [6.45, 7) is 9.45. The summed E-state index contributed by atoms with van der Waals surface area (Å²) in [6, 6.07) is 56.1. The maximum Gasteiger partial charge on any atom is 0.143 e. The Morgan fingerprint density at radius 3 is 1.79 bits per heavy atom. The van der Waals surface area contributed by atoms with Crippen LogP contribution in [0.4, 0.5) is 17.1 Å². The summed E-state index contributed by atoms with van der Waals surface area (Å²) < 4.78 is 6.58. The third-order valence-corrected chi connectivity index (χ3v) is 12.2. The number of para-hydroxylation sites is 2. The van der Waals surface area contributed by atoms with Crippen molar-refractivity contribution in [1.29, 1.82) is 0 Å². The van der Waals surface area contributed by atoms with Gasteiger partial charge in [-0.15, -0.1) is 0 Å². The second-order valence-corrected chi connectivity index (χ2v) is 15.8. The van der Waals surface area contributed by atoms with E-state index in [1.165, 1.54) is 76.8 Å². The van der Waals surface area contributed by atoms with Crippen molar-refractivity contribution in [2.75, 3.05) is 4.90 Å². The van der Waals surface area contributed by atoms with Gasteiger partial charge < -0.3 is 9.32 Å². The molecule has 2 aliphatic carbocycles. The molecular weight excluding hydrogens is 631 g/mol. The van der Waals surface area contributed by atoms with E-state index in [0.717, 1.165) is 28.2 Å². The van der Waals surface area contributed by atoms with Crippen LogP contribution >= 0.6 is 0 Å². The van der Waals surface area contributed by atoms with E-state index >= 15 is 0 Å². The highest BCUT2D eigenvalue weighted by Gasteiger charge is 2.39. The van der Waals surface area contributed by atoms with Crippen molar-refractivity contribution >= 4 is 60.5 Å². The minimum atomic E-state index is -0.189. The Labute approximate surface area is 303 Å². The highest BCUT2D eigenvalue weighted by molar-refractivity contribution is 6.12. The zero-order valence-corrected chi connectivity index (χ0v) is 29.8. The van der Waals surface area contributed by atoms with Crippen LogP contribution in [-0.2, 0) is 10.8 Å². The molecule has 2 heteroatoms. The van der Waals surface area contributed by atoms with Gasteiger partial charge in [0.25, 0.3) is 0 Å². The van der Waals surface area contributed by atoms with Gasteiger partial charge in [-0.2, -0.15) is 0 Å². The molecule has 11 rings (SSSR count). The number of anilines is 3. The Bertz CT molecular complexity index is 2960. The quantitative estimate of drug-likeness (QED) is 0.186. The van der Waals surface area contributed by atoms with E-state index in [-0.39, 0.29) is 10.8 Å². The lowest BCUT2D eigenvalue weighted by atomic mass is 9.81. The second-order valence-electron chi connectivity index (χ2n) is 15.8. The summed E-state index contributed by atoms with van der Waals surface area (Å²) in [5, 5.41) is 7.45. The predicted molar refractivity (Wildman–Crippen MR) is 219 cm³/mol. The summed E-state index contributed by atoms with van der Waals surface area (Å²) >= 11 is 0. The zero-order valence-electron chi connectivity index (χ0n) is 29.8.